The molecule has 6 heteroatoms. The van der Waals surface area contributed by atoms with E-state index in [0.717, 1.165) is 22.3 Å². The van der Waals surface area contributed by atoms with Gasteiger partial charge in [0.15, 0.2) is 6.73 Å². The van der Waals surface area contributed by atoms with Crippen LogP contribution in [0.2, 0.25) is 0 Å². The van der Waals surface area contributed by atoms with E-state index < -0.39 is 12.0 Å². The van der Waals surface area contributed by atoms with Gasteiger partial charge in [-0.05, 0) is 22.3 Å². The minimum absolute atomic E-state index is 0.0222. The molecule has 0 fully saturated rings. The molecule has 0 saturated carbocycles. The number of ether oxygens (including phenoxy) is 2. The summed E-state index contributed by atoms with van der Waals surface area (Å²) in [4.78, 5) is 23.4. The molecule has 0 heterocycles. The van der Waals surface area contributed by atoms with Gasteiger partial charge < -0.3 is 20.1 Å². The highest BCUT2D eigenvalue weighted by atomic mass is 16.5. The fourth-order valence-electron chi connectivity index (χ4n) is 3.02. The topological polar surface area (TPSA) is 76.7 Å². The second-order valence-electron chi connectivity index (χ2n) is 5.69. The Hall–Kier alpha value is -3.46. The molecule has 132 valence electrons. The molecule has 0 aromatic heterocycles. The lowest BCUT2D eigenvalue weighted by Gasteiger charge is -2.14. The van der Waals surface area contributed by atoms with Crippen LogP contribution in [0.3, 0.4) is 0 Å². The second-order valence-corrected chi connectivity index (χ2v) is 5.69. The molecular formula is C20H18N2O4. The van der Waals surface area contributed by atoms with Crippen LogP contribution in [0.4, 0.5) is 4.79 Å². The summed E-state index contributed by atoms with van der Waals surface area (Å²) in [5.41, 5.74) is 4.58. The highest BCUT2D eigenvalue weighted by molar-refractivity contribution is 5.82. The van der Waals surface area contributed by atoms with Crippen molar-refractivity contribution in [3.8, 4) is 23.7 Å². The maximum absolute atomic E-state index is 11.9. The highest BCUT2D eigenvalue weighted by Gasteiger charge is 2.28. The van der Waals surface area contributed by atoms with Gasteiger partial charge in [0.25, 0.3) is 0 Å². The predicted molar refractivity (Wildman–Crippen MR) is 96.0 cm³/mol. The highest BCUT2D eigenvalue weighted by Crippen LogP contribution is 2.44. The molecule has 0 spiro atoms. The Morgan fingerprint density at radius 3 is 2.23 bits per heavy atom. The molecule has 2 aromatic carbocycles. The molecule has 2 aromatic rings. The van der Waals surface area contributed by atoms with Gasteiger partial charge in [-0.2, -0.15) is 0 Å². The first-order chi connectivity index (χ1) is 12.7. The lowest BCUT2D eigenvalue weighted by Crippen LogP contribution is -2.38. The summed E-state index contributed by atoms with van der Waals surface area (Å²) in [5, 5.41) is 4.79. The van der Waals surface area contributed by atoms with Crippen LogP contribution >= 0.6 is 0 Å². The Bertz CT molecular complexity index is 811. The van der Waals surface area contributed by atoms with Crippen LogP contribution in [0.15, 0.2) is 48.5 Å². The smallest absolute Gasteiger partial charge is 0.407 e. The SMILES string of the molecule is C#COCNC(=O)CNC(=O)OCC1c2ccccc2-c2ccccc21. The number of alkyl carbamates (subject to hydrolysis) is 1. The average molecular weight is 350 g/mol. The third-order valence-electron chi connectivity index (χ3n) is 4.16. The maximum atomic E-state index is 11.9. The van der Waals surface area contributed by atoms with Gasteiger partial charge in [-0.3, -0.25) is 4.79 Å². The van der Waals surface area contributed by atoms with Gasteiger partial charge in [0.1, 0.15) is 19.3 Å². The summed E-state index contributed by atoms with van der Waals surface area (Å²) < 4.78 is 9.87. The van der Waals surface area contributed by atoms with E-state index in [1.54, 1.807) is 0 Å². The van der Waals surface area contributed by atoms with E-state index in [4.69, 9.17) is 11.2 Å². The number of fused-ring (bicyclic) bond motifs is 3. The minimum Gasteiger partial charge on any atom is -0.449 e. The van der Waals surface area contributed by atoms with Crippen molar-refractivity contribution in [2.24, 2.45) is 0 Å². The van der Waals surface area contributed by atoms with Gasteiger partial charge in [0.2, 0.25) is 5.91 Å². The van der Waals surface area contributed by atoms with E-state index in [2.05, 4.69) is 27.5 Å². The number of nitrogens with one attached hydrogen (secondary N) is 2. The minimum atomic E-state index is -0.653. The Labute approximate surface area is 151 Å². The van der Waals surface area contributed by atoms with Crippen molar-refractivity contribution < 1.29 is 19.1 Å². The van der Waals surface area contributed by atoms with Crippen LogP contribution in [-0.2, 0) is 14.3 Å². The van der Waals surface area contributed by atoms with Gasteiger partial charge in [-0.25, -0.2) is 4.79 Å². The van der Waals surface area contributed by atoms with Gasteiger partial charge >= 0.3 is 6.09 Å². The van der Waals surface area contributed by atoms with E-state index >= 15 is 0 Å². The first kappa shape index (κ1) is 17.4. The molecule has 0 aliphatic heterocycles. The summed E-state index contributed by atoms with van der Waals surface area (Å²) in [6, 6.07) is 16.1. The van der Waals surface area contributed by atoms with E-state index in [-0.39, 0.29) is 25.8 Å². The Kier molecular flexibility index (Phi) is 5.40. The lowest BCUT2D eigenvalue weighted by atomic mass is 9.98. The fraction of sp³-hybridized carbons (Fsp3) is 0.200. The molecule has 0 saturated heterocycles. The maximum Gasteiger partial charge on any atom is 0.407 e. The van der Waals surface area contributed by atoms with E-state index in [9.17, 15) is 9.59 Å². The van der Waals surface area contributed by atoms with Gasteiger partial charge in [0, 0.05) is 5.92 Å². The summed E-state index contributed by atoms with van der Waals surface area (Å²) in [5.74, 6) is -0.445. The first-order valence-corrected chi connectivity index (χ1v) is 8.13. The molecule has 1 aliphatic carbocycles. The molecule has 0 atom stereocenters. The zero-order valence-corrected chi connectivity index (χ0v) is 14.0. The lowest BCUT2D eigenvalue weighted by molar-refractivity contribution is -0.121. The standard InChI is InChI=1S/C20H18N2O4/c1-2-25-13-22-19(23)11-21-20(24)26-12-18-16-9-5-3-7-14(16)15-8-4-6-10-17(15)18/h1,3-10,18H,11-13H2,(H,21,24)(H,22,23). The van der Waals surface area contributed by atoms with Gasteiger partial charge in [0.05, 0.1) is 0 Å². The van der Waals surface area contributed by atoms with Crippen LogP contribution in [0.5, 0.6) is 0 Å². The molecule has 2 N–H and O–H groups in total. The van der Waals surface area contributed by atoms with Crippen molar-refractivity contribution in [1.82, 2.24) is 10.6 Å². The first-order valence-electron chi connectivity index (χ1n) is 8.13. The zero-order valence-electron chi connectivity index (χ0n) is 14.0. The van der Waals surface area contributed by atoms with Crippen LogP contribution < -0.4 is 10.6 Å². The molecule has 1 aliphatic rings. The van der Waals surface area contributed by atoms with Crippen molar-refractivity contribution in [3.05, 3.63) is 59.7 Å². The van der Waals surface area contributed by atoms with Crippen molar-refractivity contribution in [2.75, 3.05) is 19.9 Å². The Morgan fingerprint density at radius 2 is 1.62 bits per heavy atom. The molecule has 0 bridgehead atoms. The Balaban J connectivity index is 1.56. The molecule has 0 radical (unpaired) electrons. The number of hydrogen-bond donors (Lipinski definition) is 2. The van der Waals surface area contributed by atoms with Crippen molar-refractivity contribution in [3.63, 3.8) is 0 Å². The van der Waals surface area contributed by atoms with Crippen LogP contribution in [-0.4, -0.2) is 31.9 Å². The van der Waals surface area contributed by atoms with Crippen molar-refractivity contribution in [1.29, 1.82) is 0 Å². The summed E-state index contributed by atoms with van der Waals surface area (Å²) >= 11 is 0. The van der Waals surface area contributed by atoms with Gasteiger partial charge in [-0.1, -0.05) is 55.0 Å². The average Bonchev–Trinajstić information content (AvgIpc) is 2.99. The number of benzene rings is 2. The number of carbonyl (C=O) groups excluding carboxylic acids is 2. The quantitative estimate of drug-likeness (QED) is 0.476. The number of hydrogen-bond acceptors (Lipinski definition) is 4. The number of carbonyl (C=O) groups is 2. The normalized spacial score (nSPS) is 11.7. The van der Waals surface area contributed by atoms with Crippen LogP contribution in [0.25, 0.3) is 11.1 Å². The number of amides is 2. The fourth-order valence-corrected chi connectivity index (χ4v) is 3.02. The molecule has 26 heavy (non-hydrogen) atoms. The van der Waals surface area contributed by atoms with E-state index in [0.29, 0.717) is 0 Å². The van der Waals surface area contributed by atoms with Crippen molar-refractivity contribution in [2.45, 2.75) is 5.92 Å². The number of rotatable bonds is 6. The van der Waals surface area contributed by atoms with Gasteiger partial charge in [-0.15, -0.1) is 0 Å². The summed E-state index contributed by atoms with van der Waals surface area (Å²) in [7, 11) is 0. The molecule has 0 unspecified atom stereocenters. The van der Waals surface area contributed by atoms with E-state index in [1.165, 1.54) is 0 Å². The largest absolute Gasteiger partial charge is 0.449 e. The third-order valence-corrected chi connectivity index (χ3v) is 4.16. The molecule has 6 nitrogen and oxygen atoms in total. The Morgan fingerprint density at radius 1 is 1.00 bits per heavy atom. The van der Waals surface area contributed by atoms with Crippen LogP contribution in [0.1, 0.15) is 17.0 Å². The monoisotopic (exact) mass is 350 g/mol. The summed E-state index contributed by atoms with van der Waals surface area (Å²) in [6.07, 6.45) is 6.17. The van der Waals surface area contributed by atoms with Crippen LogP contribution in [0, 0.1) is 12.5 Å². The molecule has 2 amide bonds. The van der Waals surface area contributed by atoms with E-state index in [1.807, 2.05) is 42.5 Å². The third kappa shape index (κ3) is 3.78. The summed E-state index contributed by atoms with van der Waals surface area (Å²) in [6.45, 7) is -0.131. The molecular weight excluding hydrogens is 332 g/mol. The predicted octanol–water partition coefficient (Wildman–Crippen LogP) is 2.21. The van der Waals surface area contributed by atoms with Crippen molar-refractivity contribution >= 4 is 12.0 Å². The molecule has 3 rings (SSSR count). The zero-order chi connectivity index (χ0) is 18.4. The number of terminal acetylenes is 1. The second kappa shape index (κ2) is 8.08.